The SMILES string of the molecule is Cc1ccc(NC(=O)NCC2CCN(C(=O)c3cccnc3)CC2)cc1C. The molecule has 1 aliphatic heterocycles. The second-order valence-electron chi connectivity index (χ2n) is 7.11. The third-order valence-corrected chi connectivity index (χ3v) is 5.13. The van der Waals surface area contributed by atoms with E-state index in [1.54, 1.807) is 24.5 Å². The van der Waals surface area contributed by atoms with Crippen molar-refractivity contribution in [1.82, 2.24) is 15.2 Å². The molecule has 3 amide bonds. The van der Waals surface area contributed by atoms with Crippen LogP contribution >= 0.6 is 0 Å². The summed E-state index contributed by atoms with van der Waals surface area (Å²) in [6, 6.07) is 9.26. The molecule has 142 valence electrons. The van der Waals surface area contributed by atoms with Crippen LogP contribution in [0.15, 0.2) is 42.7 Å². The zero-order valence-corrected chi connectivity index (χ0v) is 15.9. The number of hydrogen-bond donors (Lipinski definition) is 2. The van der Waals surface area contributed by atoms with Crippen molar-refractivity contribution in [2.24, 2.45) is 5.92 Å². The number of nitrogens with one attached hydrogen (secondary N) is 2. The van der Waals surface area contributed by atoms with Gasteiger partial charge in [0.2, 0.25) is 0 Å². The number of aromatic nitrogens is 1. The van der Waals surface area contributed by atoms with Crippen molar-refractivity contribution < 1.29 is 9.59 Å². The van der Waals surface area contributed by atoms with E-state index in [1.807, 2.05) is 36.9 Å². The molecular formula is C21H26N4O2. The molecular weight excluding hydrogens is 340 g/mol. The van der Waals surface area contributed by atoms with Crippen molar-refractivity contribution in [2.75, 3.05) is 25.0 Å². The Kier molecular flexibility index (Phi) is 6.06. The summed E-state index contributed by atoms with van der Waals surface area (Å²) < 4.78 is 0. The van der Waals surface area contributed by atoms with E-state index in [-0.39, 0.29) is 11.9 Å². The molecule has 1 fully saturated rings. The Labute approximate surface area is 160 Å². The molecule has 6 heteroatoms. The van der Waals surface area contributed by atoms with Crippen LogP contribution in [0.4, 0.5) is 10.5 Å². The highest BCUT2D eigenvalue weighted by atomic mass is 16.2. The average molecular weight is 366 g/mol. The molecule has 2 N–H and O–H groups in total. The molecule has 1 aromatic carbocycles. The Morgan fingerprint density at radius 3 is 2.59 bits per heavy atom. The minimum absolute atomic E-state index is 0.0296. The van der Waals surface area contributed by atoms with Crippen molar-refractivity contribution in [3.8, 4) is 0 Å². The molecule has 0 aliphatic carbocycles. The van der Waals surface area contributed by atoms with Gasteiger partial charge in [-0.3, -0.25) is 9.78 Å². The van der Waals surface area contributed by atoms with Gasteiger partial charge in [0.1, 0.15) is 0 Å². The second kappa shape index (κ2) is 8.66. The van der Waals surface area contributed by atoms with Gasteiger partial charge in [0.05, 0.1) is 5.56 Å². The molecule has 2 heterocycles. The summed E-state index contributed by atoms with van der Waals surface area (Å²) in [5.41, 5.74) is 3.78. The molecule has 1 aromatic heterocycles. The highest BCUT2D eigenvalue weighted by molar-refractivity contribution is 5.94. The van der Waals surface area contributed by atoms with Crippen LogP contribution in [0, 0.1) is 19.8 Å². The highest BCUT2D eigenvalue weighted by Crippen LogP contribution is 2.18. The third kappa shape index (κ3) is 5.06. The summed E-state index contributed by atoms with van der Waals surface area (Å²) >= 11 is 0. The van der Waals surface area contributed by atoms with E-state index in [4.69, 9.17) is 0 Å². The number of anilines is 1. The van der Waals surface area contributed by atoms with E-state index < -0.39 is 0 Å². The number of nitrogens with zero attached hydrogens (tertiary/aromatic N) is 2. The van der Waals surface area contributed by atoms with Crippen molar-refractivity contribution in [3.05, 3.63) is 59.4 Å². The summed E-state index contributed by atoms with van der Waals surface area (Å²) in [6.45, 7) is 6.10. The van der Waals surface area contributed by atoms with Gasteiger partial charge in [-0.2, -0.15) is 0 Å². The fraction of sp³-hybridized carbons (Fsp3) is 0.381. The van der Waals surface area contributed by atoms with Crippen molar-refractivity contribution >= 4 is 17.6 Å². The molecule has 2 aromatic rings. The zero-order valence-electron chi connectivity index (χ0n) is 15.9. The van der Waals surface area contributed by atoms with Crippen LogP contribution in [0.1, 0.15) is 34.3 Å². The predicted molar refractivity (Wildman–Crippen MR) is 106 cm³/mol. The van der Waals surface area contributed by atoms with Gasteiger partial charge >= 0.3 is 6.03 Å². The summed E-state index contributed by atoms with van der Waals surface area (Å²) in [4.78, 5) is 30.4. The van der Waals surface area contributed by atoms with E-state index in [2.05, 4.69) is 15.6 Å². The van der Waals surface area contributed by atoms with Gasteiger partial charge in [0.15, 0.2) is 0 Å². The molecule has 0 radical (unpaired) electrons. The van der Waals surface area contributed by atoms with Crippen molar-refractivity contribution in [2.45, 2.75) is 26.7 Å². The molecule has 3 rings (SSSR count). The lowest BCUT2D eigenvalue weighted by Gasteiger charge is -2.32. The normalized spacial score (nSPS) is 14.7. The number of likely N-dealkylation sites (tertiary alicyclic amines) is 1. The predicted octanol–water partition coefficient (Wildman–Crippen LogP) is 3.37. The molecule has 0 unspecified atom stereocenters. The molecule has 1 aliphatic rings. The number of rotatable bonds is 4. The highest BCUT2D eigenvalue weighted by Gasteiger charge is 2.24. The van der Waals surface area contributed by atoms with Crippen LogP contribution in [0.25, 0.3) is 0 Å². The van der Waals surface area contributed by atoms with Crippen LogP contribution in [0.5, 0.6) is 0 Å². The molecule has 0 bridgehead atoms. The maximum atomic E-state index is 12.4. The quantitative estimate of drug-likeness (QED) is 0.871. The molecule has 27 heavy (non-hydrogen) atoms. The fourth-order valence-corrected chi connectivity index (χ4v) is 3.24. The Hall–Kier alpha value is -2.89. The maximum Gasteiger partial charge on any atom is 0.319 e. The first-order valence-corrected chi connectivity index (χ1v) is 9.34. The van der Waals surface area contributed by atoms with Crippen molar-refractivity contribution in [1.29, 1.82) is 0 Å². The van der Waals surface area contributed by atoms with Gasteiger partial charge in [-0.1, -0.05) is 6.07 Å². The number of urea groups is 1. The lowest BCUT2D eigenvalue weighted by Crippen LogP contribution is -2.42. The topological polar surface area (TPSA) is 74.3 Å². The van der Waals surface area contributed by atoms with E-state index >= 15 is 0 Å². The van der Waals surface area contributed by atoms with E-state index in [0.29, 0.717) is 31.1 Å². The lowest BCUT2D eigenvalue weighted by atomic mass is 9.96. The first-order valence-electron chi connectivity index (χ1n) is 9.34. The number of hydrogen-bond acceptors (Lipinski definition) is 3. The lowest BCUT2D eigenvalue weighted by molar-refractivity contribution is 0.0690. The monoisotopic (exact) mass is 366 g/mol. The summed E-state index contributed by atoms with van der Waals surface area (Å²) in [7, 11) is 0. The van der Waals surface area contributed by atoms with Gasteiger partial charge in [-0.05, 0) is 68.0 Å². The number of carbonyl (C=O) groups excluding carboxylic acids is 2. The smallest absolute Gasteiger partial charge is 0.319 e. The second-order valence-corrected chi connectivity index (χ2v) is 7.11. The van der Waals surface area contributed by atoms with Crippen LogP contribution in [-0.4, -0.2) is 41.5 Å². The van der Waals surface area contributed by atoms with Gasteiger partial charge in [-0.15, -0.1) is 0 Å². The first-order chi connectivity index (χ1) is 13.0. The van der Waals surface area contributed by atoms with Crippen LogP contribution in [-0.2, 0) is 0 Å². The van der Waals surface area contributed by atoms with E-state index in [1.165, 1.54) is 5.56 Å². The van der Waals surface area contributed by atoms with Gasteiger partial charge < -0.3 is 15.5 Å². The van der Waals surface area contributed by atoms with Gasteiger partial charge in [0, 0.05) is 37.7 Å². The summed E-state index contributed by atoms with van der Waals surface area (Å²) in [6.07, 6.45) is 5.04. The largest absolute Gasteiger partial charge is 0.339 e. The number of amides is 3. The first kappa shape index (κ1) is 18.9. The Morgan fingerprint density at radius 2 is 1.93 bits per heavy atom. The van der Waals surface area contributed by atoms with Crippen LogP contribution in [0.3, 0.4) is 0 Å². The van der Waals surface area contributed by atoms with Gasteiger partial charge in [0.25, 0.3) is 5.91 Å². The Morgan fingerprint density at radius 1 is 1.15 bits per heavy atom. The van der Waals surface area contributed by atoms with Crippen molar-refractivity contribution in [3.63, 3.8) is 0 Å². The molecule has 0 saturated carbocycles. The molecule has 6 nitrogen and oxygen atoms in total. The molecule has 1 saturated heterocycles. The zero-order chi connectivity index (χ0) is 19.2. The van der Waals surface area contributed by atoms with Crippen LogP contribution in [0.2, 0.25) is 0 Å². The number of benzene rings is 1. The number of pyridine rings is 1. The summed E-state index contributed by atoms with van der Waals surface area (Å²) in [5, 5.41) is 5.82. The summed E-state index contributed by atoms with van der Waals surface area (Å²) in [5.74, 6) is 0.412. The average Bonchev–Trinajstić information content (AvgIpc) is 2.70. The minimum atomic E-state index is -0.188. The maximum absolute atomic E-state index is 12.4. The van der Waals surface area contributed by atoms with Gasteiger partial charge in [-0.25, -0.2) is 4.79 Å². The third-order valence-electron chi connectivity index (χ3n) is 5.13. The Balaban J connectivity index is 1.42. The number of carbonyl (C=O) groups is 2. The minimum Gasteiger partial charge on any atom is -0.339 e. The molecule has 0 atom stereocenters. The fourth-order valence-electron chi connectivity index (χ4n) is 3.24. The number of aryl methyl sites for hydroxylation is 2. The number of piperidine rings is 1. The molecule has 0 spiro atoms. The Bertz CT molecular complexity index is 799. The standard InChI is InChI=1S/C21H26N4O2/c1-15-5-6-19(12-16(15)2)24-21(27)23-13-17-7-10-25(11-8-17)20(26)18-4-3-9-22-14-18/h3-6,9,12,14,17H,7-8,10-11,13H2,1-2H3,(H2,23,24,27). The van der Waals surface area contributed by atoms with Crippen LogP contribution < -0.4 is 10.6 Å². The van der Waals surface area contributed by atoms with E-state index in [9.17, 15) is 9.59 Å². The van der Waals surface area contributed by atoms with E-state index in [0.717, 1.165) is 24.1 Å².